The maximum atomic E-state index is 11.7. The highest BCUT2D eigenvalue weighted by Crippen LogP contribution is 2.34. The maximum Gasteiger partial charge on any atom is 0.145 e. The molecular formula is C20H18N2O2. The predicted molar refractivity (Wildman–Crippen MR) is 95.9 cm³/mol. The number of benzene rings is 2. The molecule has 0 saturated carbocycles. The quantitative estimate of drug-likeness (QED) is 0.534. The van der Waals surface area contributed by atoms with Crippen molar-refractivity contribution in [2.45, 2.75) is 20.3 Å². The third-order valence-corrected chi connectivity index (χ3v) is 4.49. The number of fused-ring (bicyclic) bond motifs is 6. The highest BCUT2D eigenvalue weighted by Gasteiger charge is 2.15. The van der Waals surface area contributed by atoms with Crippen molar-refractivity contribution in [2.24, 2.45) is 0 Å². The molecule has 4 nitrogen and oxygen atoms in total. The summed E-state index contributed by atoms with van der Waals surface area (Å²) in [5.41, 5.74) is 4.06. The second-order valence-corrected chi connectivity index (χ2v) is 6.17. The number of imidazole rings is 1. The largest absolute Gasteiger partial charge is 0.497 e. The van der Waals surface area contributed by atoms with Gasteiger partial charge in [-0.3, -0.25) is 9.20 Å². The summed E-state index contributed by atoms with van der Waals surface area (Å²) >= 11 is 0. The van der Waals surface area contributed by atoms with E-state index in [-0.39, 0.29) is 5.78 Å². The Bertz CT molecular complexity index is 1110. The van der Waals surface area contributed by atoms with Gasteiger partial charge in [-0.1, -0.05) is 12.1 Å². The number of nitrogens with zero attached hydrogens (tertiary/aromatic N) is 2. The van der Waals surface area contributed by atoms with Gasteiger partial charge >= 0.3 is 0 Å². The van der Waals surface area contributed by atoms with E-state index in [1.807, 2.05) is 18.2 Å². The number of pyridine rings is 1. The summed E-state index contributed by atoms with van der Waals surface area (Å²) in [5.74, 6) is 0.928. The molecule has 0 aliphatic heterocycles. The van der Waals surface area contributed by atoms with Gasteiger partial charge in [0.1, 0.15) is 17.2 Å². The summed E-state index contributed by atoms with van der Waals surface area (Å²) in [5, 5.41) is 3.37. The average molecular weight is 318 g/mol. The van der Waals surface area contributed by atoms with Crippen LogP contribution < -0.4 is 4.74 Å². The molecule has 0 unspecified atom stereocenters. The number of carbonyl (C=O) groups excluding carboxylic acids is 1. The molecule has 4 heteroatoms. The number of ketones is 1. The first-order chi connectivity index (χ1) is 11.6. The molecule has 2 aromatic carbocycles. The van der Waals surface area contributed by atoms with Crippen LogP contribution >= 0.6 is 0 Å². The SMILES string of the molecule is COc1ccc2c(c1)c1ncc(CC(C)=O)n1c1cccc(C)c21. The van der Waals surface area contributed by atoms with E-state index in [2.05, 4.69) is 34.5 Å². The van der Waals surface area contributed by atoms with E-state index in [0.29, 0.717) is 6.42 Å². The van der Waals surface area contributed by atoms with Crippen molar-refractivity contribution in [1.29, 1.82) is 0 Å². The van der Waals surface area contributed by atoms with Crippen LogP contribution in [0.4, 0.5) is 0 Å². The van der Waals surface area contributed by atoms with Crippen molar-refractivity contribution in [2.75, 3.05) is 7.11 Å². The Hall–Kier alpha value is -2.88. The molecule has 24 heavy (non-hydrogen) atoms. The summed E-state index contributed by atoms with van der Waals surface area (Å²) in [4.78, 5) is 16.3. The van der Waals surface area contributed by atoms with Gasteiger partial charge in [0, 0.05) is 23.4 Å². The van der Waals surface area contributed by atoms with Gasteiger partial charge in [0.05, 0.1) is 18.3 Å². The number of Topliss-reactive ketones (excluding diaryl/α,β-unsaturated/α-hetero) is 1. The second-order valence-electron chi connectivity index (χ2n) is 6.17. The fourth-order valence-electron chi connectivity index (χ4n) is 3.47. The number of ether oxygens (including phenoxy) is 1. The van der Waals surface area contributed by atoms with Gasteiger partial charge in [-0.25, -0.2) is 4.98 Å². The number of hydrogen-bond donors (Lipinski definition) is 0. The van der Waals surface area contributed by atoms with E-state index in [1.165, 1.54) is 10.9 Å². The summed E-state index contributed by atoms with van der Waals surface area (Å²) in [6.45, 7) is 3.72. The number of aromatic nitrogens is 2. The molecule has 2 aromatic heterocycles. The van der Waals surface area contributed by atoms with Crippen molar-refractivity contribution >= 4 is 33.1 Å². The van der Waals surface area contributed by atoms with Crippen LogP contribution in [0.1, 0.15) is 18.2 Å². The van der Waals surface area contributed by atoms with Crippen molar-refractivity contribution in [3.8, 4) is 5.75 Å². The summed E-state index contributed by atoms with van der Waals surface area (Å²) in [6, 6.07) is 12.3. The molecule has 0 radical (unpaired) electrons. The molecule has 0 spiro atoms. The molecular weight excluding hydrogens is 300 g/mol. The molecule has 0 aliphatic rings. The molecule has 0 bridgehead atoms. The fourth-order valence-corrected chi connectivity index (χ4v) is 3.47. The van der Waals surface area contributed by atoms with Crippen molar-refractivity contribution in [3.05, 3.63) is 53.9 Å². The lowest BCUT2D eigenvalue weighted by Gasteiger charge is -2.13. The van der Waals surface area contributed by atoms with E-state index in [9.17, 15) is 4.79 Å². The van der Waals surface area contributed by atoms with Gasteiger partial charge in [0.15, 0.2) is 0 Å². The van der Waals surface area contributed by atoms with Gasteiger partial charge < -0.3 is 4.74 Å². The lowest BCUT2D eigenvalue weighted by Crippen LogP contribution is -2.02. The molecule has 4 rings (SSSR count). The minimum atomic E-state index is 0.128. The van der Waals surface area contributed by atoms with Crippen LogP contribution in [-0.2, 0) is 11.2 Å². The number of carbonyl (C=O) groups is 1. The number of hydrogen-bond acceptors (Lipinski definition) is 3. The van der Waals surface area contributed by atoms with Crippen molar-refractivity contribution in [1.82, 2.24) is 9.38 Å². The number of methoxy groups -OCH3 is 1. The smallest absolute Gasteiger partial charge is 0.145 e. The molecule has 120 valence electrons. The topological polar surface area (TPSA) is 43.6 Å². The van der Waals surface area contributed by atoms with Crippen LogP contribution in [0.2, 0.25) is 0 Å². The number of aryl methyl sites for hydroxylation is 1. The number of rotatable bonds is 3. The zero-order valence-corrected chi connectivity index (χ0v) is 14.0. The van der Waals surface area contributed by atoms with E-state index in [0.717, 1.165) is 33.4 Å². The zero-order valence-electron chi connectivity index (χ0n) is 14.0. The molecule has 0 aliphatic carbocycles. The molecule has 2 heterocycles. The monoisotopic (exact) mass is 318 g/mol. The van der Waals surface area contributed by atoms with Crippen LogP contribution in [-0.4, -0.2) is 22.3 Å². The van der Waals surface area contributed by atoms with Crippen molar-refractivity contribution < 1.29 is 9.53 Å². The molecule has 0 atom stereocenters. The van der Waals surface area contributed by atoms with Crippen LogP contribution in [0.3, 0.4) is 0 Å². The summed E-state index contributed by atoms with van der Waals surface area (Å²) in [6.07, 6.45) is 2.18. The third kappa shape index (κ3) is 2.07. The molecule has 0 amide bonds. The van der Waals surface area contributed by atoms with E-state index >= 15 is 0 Å². The van der Waals surface area contributed by atoms with Crippen LogP contribution in [0.25, 0.3) is 27.3 Å². The molecule has 0 N–H and O–H groups in total. The zero-order chi connectivity index (χ0) is 16.8. The minimum absolute atomic E-state index is 0.128. The summed E-state index contributed by atoms with van der Waals surface area (Å²) in [7, 11) is 1.66. The van der Waals surface area contributed by atoms with Crippen LogP contribution in [0.5, 0.6) is 5.75 Å². The molecule has 4 aromatic rings. The Morgan fingerprint density at radius 2 is 2.04 bits per heavy atom. The van der Waals surface area contributed by atoms with Crippen LogP contribution in [0.15, 0.2) is 42.6 Å². The first-order valence-corrected chi connectivity index (χ1v) is 7.95. The van der Waals surface area contributed by atoms with E-state index in [4.69, 9.17) is 4.74 Å². The average Bonchev–Trinajstić information content (AvgIpc) is 2.98. The van der Waals surface area contributed by atoms with Gasteiger partial charge in [-0.05, 0) is 49.1 Å². The Kier molecular flexibility index (Phi) is 3.27. The lowest BCUT2D eigenvalue weighted by atomic mass is 10.0. The third-order valence-electron chi connectivity index (χ3n) is 4.49. The Morgan fingerprint density at radius 3 is 2.79 bits per heavy atom. The Balaban J connectivity index is 2.26. The molecule has 0 saturated heterocycles. The Morgan fingerprint density at radius 1 is 1.21 bits per heavy atom. The fraction of sp³-hybridized carbons (Fsp3) is 0.200. The second kappa shape index (κ2) is 5.34. The minimum Gasteiger partial charge on any atom is -0.497 e. The highest BCUT2D eigenvalue weighted by molar-refractivity contribution is 6.13. The lowest BCUT2D eigenvalue weighted by molar-refractivity contribution is -0.116. The highest BCUT2D eigenvalue weighted by atomic mass is 16.5. The van der Waals surface area contributed by atoms with E-state index < -0.39 is 0 Å². The Labute approximate surface area is 139 Å². The first kappa shape index (κ1) is 14.7. The van der Waals surface area contributed by atoms with Crippen LogP contribution in [0, 0.1) is 6.92 Å². The van der Waals surface area contributed by atoms with Gasteiger partial charge in [0.25, 0.3) is 0 Å². The van der Waals surface area contributed by atoms with Crippen molar-refractivity contribution in [3.63, 3.8) is 0 Å². The van der Waals surface area contributed by atoms with Gasteiger partial charge in [-0.2, -0.15) is 0 Å². The standard InChI is InChI=1S/C20H18N2O2/c1-12-5-4-6-18-19(12)16-8-7-15(24-3)10-17(16)20-21-11-14(22(18)20)9-13(2)23/h4-8,10-11H,9H2,1-3H3. The molecule has 0 fully saturated rings. The first-order valence-electron chi connectivity index (χ1n) is 7.95. The maximum absolute atomic E-state index is 11.7. The summed E-state index contributed by atoms with van der Waals surface area (Å²) < 4.78 is 7.50. The van der Waals surface area contributed by atoms with Gasteiger partial charge in [0.2, 0.25) is 0 Å². The predicted octanol–water partition coefficient (Wildman–Crippen LogP) is 4.09. The van der Waals surface area contributed by atoms with E-state index in [1.54, 1.807) is 20.2 Å². The van der Waals surface area contributed by atoms with Gasteiger partial charge in [-0.15, -0.1) is 0 Å². The normalized spacial score (nSPS) is 11.5.